The number of hydrogen-bond donors (Lipinski definition) is 4. The second kappa shape index (κ2) is 14.2. The summed E-state index contributed by atoms with van der Waals surface area (Å²) in [4.78, 5) is 33.8. The van der Waals surface area contributed by atoms with Crippen molar-refractivity contribution < 1.29 is 9.59 Å². The quantitative estimate of drug-likeness (QED) is 0.289. The van der Waals surface area contributed by atoms with Crippen LogP contribution in [0.5, 0.6) is 0 Å². The maximum absolute atomic E-state index is 12.9. The molecule has 0 radical (unpaired) electrons. The molecule has 2 amide bonds. The van der Waals surface area contributed by atoms with Crippen LogP contribution in [-0.2, 0) is 9.59 Å². The highest BCUT2D eigenvalue weighted by Crippen LogP contribution is 2.13. The molecule has 9 nitrogen and oxygen atoms in total. The van der Waals surface area contributed by atoms with Gasteiger partial charge in [0.1, 0.15) is 11.8 Å². The van der Waals surface area contributed by atoms with Crippen molar-refractivity contribution in [3.63, 3.8) is 0 Å². The Morgan fingerprint density at radius 3 is 1.79 bits per heavy atom. The van der Waals surface area contributed by atoms with Gasteiger partial charge in [-0.3, -0.25) is 14.6 Å². The van der Waals surface area contributed by atoms with Gasteiger partial charge in [0.25, 0.3) is 5.91 Å². The van der Waals surface area contributed by atoms with Crippen molar-refractivity contribution in [1.82, 2.24) is 9.80 Å². The molecule has 1 heterocycles. The Bertz CT molecular complexity index is 520. The molecule has 28 heavy (non-hydrogen) atoms. The van der Waals surface area contributed by atoms with Gasteiger partial charge in [-0.25, -0.2) is 0 Å². The molecule has 1 unspecified atom stereocenters. The molecule has 0 bridgehead atoms. The van der Waals surface area contributed by atoms with Gasteiger partial charge in [0.05, 0.1) is 0 Å². The fourth-order valence-electron chi connectivity index (χ4n) is 3.00. The monoisotopic (exact) mass is 395 g/mol. The molecule has 8 N–H and O–H groups in total. The van der Waals surface area contributed by atoms with Crippen LogP contribution in [0.4, 0.5) is 0 Å². The molecule has 1 aliphatic heterocycles. The number of amides is 2. The van der Waals surface area contributed by atoms with E-state index in [0.717, 1.165) is 12.8 Å². The van der Waals surface area contributed by atoms with Gasteiger partial charge in [-0.05, 0) is 64.4 Å². The van der Waals surface area contributed by atoms with Crippen molar-refractivity contribution in [1.29, 1.82) is 0 Å². The molecule has 0 aromatic rings. The van der Waals surface area contributed by atoms with Gasteiger partial charge in [-0.15, -0.1) is 0 Å². The second-order valence-electron chi connectivity index (χ2n) is 6.85. The van der Waals surface area contributed by atoms with Gasteiger partial charge in [0.2, 0.25) is 5.91 Å². The molecule has 9 heteroatoms. The lowest BCUT2D eigenvalue weighted by Gasteiger charge is -2.28. The summed E-state index contributed by atoms with van der Waals surface area (Å²) < 4.78 is 0. The minimum atomic E-state index is -0.578. The molecule has 0 saturated heterocycles. The number of nitrogens with two attached hydrogens (primary N) is 4. The van der Waals surface area contributed by atoms with Crippen LogP contribution in [0, 0.1) is 0 Å². The predicted molar refractivity (Wildman–Crippen MR) is 113 cm³/mol. The fraction of sp³-hybridized carbons (Fsp3) is 0.737. The minimum absolute atomic E-state index is 0.0768. The zero-order chi connectivity index (χ0) is 20.8. The Morgan fingerprint density at radius 2 is 1.32 bits per heavy atom. The van der Waals surface area contributed by atoms with Crippen molar-refractivity contribution in [3.8, 4) is 0 Å². The number of dihydropyridines is 1. The van der Waals surface area contributed by atoms with E-state index in [4.69, 9.17) is 22.9 Å². The molecule has 0 aromatic carbocycles. The summed E-state index contributed by atoms with van der Waals surface area (Å²) in [6.07, 6.45) is 6.90. The Hall–Kier alpha value is -1.81. The van der Waals surface area contributed by atoms with E-state index < -0.39 is 6.04 Å². The average Bonchev–Trinajstić information content (AvgIpc) is 2.73. The lowest BCUT2D eigenvalue weighted by Crippen LogP contribution is -2.43. The van der Waals surface area contributed by atoms with Crippen LogP contribution in [0.1, 0.15) is 32.1 Å². The first-order chi connectivity index (χ1) is 13.6. The molecule has 0 aliphatic carbocycles. The SMILES string of the molecule is NCCCN(CCCN)C(=O)C1=NC(C(=O)N(CCCN)CCCN)CC=C1. The standard InChI is InChI=1S/C19H37N7O2/c20-8-2-12-25(13-3-9-21)18(27)16-6-1-7-17(24-16)19(28)26(14-4-10-22)15-5-11-23/h1,6,17H,2-5,7-15,20-23H2. The van der Waals surface area contributed by atoms with E-state index in [1.54, 1.807) is 15.9 Å². The highest BCUT2D eigenvalue weighted by Gasteiger charge is 2.27. The average molecular weight is 396 g/mol. The lowest BCUT2D eigenvalue weighted by atomic mass is 10.1. The first-order valence-corrected chi connectivity index (χ1v) is 10.2. The Balaban J connectivity index is 2.87. The summed E-state index contributed by atoms with van der Waals surface area (Å²) in [5, 5.41) is 0. The molecule has 0 spiro atoms. The number of carbonyl (C=O) groups is 2. The fourth-order valence-corrected chi connectivity index (χ4v) is 3.00. The Morgan fingerprint density at radius 1 is 0.857 bits per heavy atom. The van der Waals surface area contributed by atoms with Gasteiger partial charge in [0, 0.05) is 26.2 Å². The molecule has 0 saturated carbocycles. The smallest absolute Gasteiger partial charge is 0.272 e. The van der Waals surface area contributed by atoms with Crippen molar-refractivity contribution in [2.24, 2.45) is 27.9 Å². The largest absolute Gasteiger partial charge is 0.341 e. The zero-order valence-corrected chi connectivity index (χ0v) is 16.9. The lowest BCUT2D eigenvalue weighted by molar-refractivity contribution is -0.132. The van der Waals surface area contributed by atoms with E-state index >= 15 is 0 Å². The van der Waals surface area contributed by atoms with Gasteiger partial charge >= 0.3 is 0 Å². The van der Waals surface area contributed by atoms with E-state index in [0.29, 0.717) is 77.3 Å². The maximum atomic E-state index is 12.9. The summed E-state index contributed by atoms with van der Waals surface area (Å²) in [5.74, 6) is -0.252. The summed E-state index contributed by atoms with van der Waals surface area (Å²) in [6, 6.07) is -0.578. The van der Waals surface area contributed by atoms with E-state index in [9.17, 15) is 9.59 Å². The molecule has 160 valence electrons. The number of carbonyl (C=O) groups excluding carboxylic acids is 2. The van der Waals surface area contributed by atoms with Crippen LogP contribution in [-0.4, -0.2) is 85.7 Å². The third-order valence-electron chi connectivity index (χ3n) is 4.56. The van der Waals surface area contributed by atoms with Crippen LogP contribution in [0.25, 0.3) is 0 Å². The van der Waals surface area contributed by atoms with E-state index in [1.807, 2.05) is 6.08 Å². The summed E-state index contributed by atoms with van der Waals surface area (Å²) in [5.41, 5.74) is 22.7. The van der Waals surface area contributed by atoms with Crippen molar-refractivity contribution in [2.75, 3.05) is 52.4 Å². The second-order valence-corrected chi connectivity index (χ2v) is 6.85. The first-order valence-electron chi connectivity index (χ1n) is 10.2. The van der Waals surface area contributed by atoms with Gasteiger partial charge in [0.15, 0.2) is 0 Å². The normalized spacial score (nSPS) is 16.0. The van der Waals surface area contributed by atoms with E-state index in [-0.39, 0.29) is 11.8 Å². The predicted octanol–water partition coefficient (Wildman–Crippen LogP) is -1.19. The molecule has 1 aliphatic rings. The van der Waals surface area contributed by atoms with Crippen LogP contribution < -0.4 is 22.9 Å². The molecular weight excluding hydrogens is 358 g/mol. The topological polar surface area (TPSA) is 157 Å². The maximum Gasteiger partial charge on any atom is 0.272 e. The summed E-state index contributed by atoms with van der Waals surface area (Å²) in [6.45, 7) is 4.31. The van der Waals surface area contributed by atoms with Crippen molar-refractivity contribution in [2.45, 2.75) is 38.1 Å². The number of hydrogen-bond acceptors (Lipinski definition) is 7. The highest BCUT2D eigenvalue weighted by atomic mass is 16.2. The molecule has 0 fully saturated rings. The van der Waals surface area contributed by atoms with Gasteiger partial charge in [-0.2, -0.15) is 0 Å². The summed E-state index contributed by atoms with van der Waals surface area (Å²) in [7, 11) is 0. The van der Waals surface area contributed by atoms with Crippen LogP contribution in [0.15, 0.2) is 17.1 Å². The zero-order valence-electron chi connectivity index (χ0n) is 16.9. The van der Waals surface area contributed by atoms with E-state index in [2.05, 4.69) is 4.99 Å². The molecule has 1 rings (SSSR count). The van der Waals surface area contributed by atoms with Crippen molar-refractivity contribution >= 4 is 17.5 Å². The number of nitrogens with zero attached hydrogens (tertiary/aromatic N) is 3. The summed E-state index contributed by atoms with van der Waals surface area (Å²) >= 11 is 0. The molecule has 1 atom stereocenters. The van der Waals surface area contributed by atoms with Crippen LogP contribution >= 0.6 is 0 Å². The van der Waals surface area contributed by atoms with E-state index in [1.165, 1.54) is 0 Å². The highest BCUT2D eigenvalue weighted by molar-refractivity contribution is 6.43. The first kappa shape index (κ1) is 24.2. The molecular formula is C19H37N7O2. The van der Waals surface area contributed by atoms with Gasteiger partial charge < -0.3 is 32.7 Å². The van der Waals surface area contributed by atoms with Crippen LogP contribution in [0.3, 0.4) is 0 Å². The Labute approximate surface area is 168 Å². The third kappa shape index (κ3) is 8.05. The molecule has 0 aromatic heterocycles. The Kier molecular flexibility index (Phi) is 12.3. The number of aliphatic imine (C=N–C) groups is 1. The van der Waals surface area contributed by atoms with Gasteiger partial charge in [-0.1, -0.05) is 6.08 Å². The number of rotatable bonds is 14. The minimum Gasteiger partial charge on any atom is -0.341 e. The third-order valence-corrected chi connectivity index (χ3v) is 4.56. The van der Waals surface area contributed by atoms with Crippen molar-refractivity contribution in [3.05, 3.63) is 12.2 Å². The van der Waals surface area contributed by atoms with Crippen LogP contribution in [0.2, 0.25) is 0 Å².